The van der Waals surface area contributed by atoms with E-state index >= 15 is 0 Å². The van der Waals surface area contributed by atoms with Crippen molar-refractivity contribution in [2.45, 2.75) is 184 Å². The molecule has 11 atom stereocenters. The molecule has 0 bridgehead atoms. The highest BCUT2D eigenvalue weighted by molar-refractivity contribution is 5.79. The van der Waals surface area contributed by atoms with Crippen LogP contribution < -0.4 is 10.6 Å². The Hall–Kier alpha value is -1.91. The first kappa shape index (κ1) is 44.3. The van der Waals surface area contributed by atoms with Crippen molar-refractivity contribution in [1.82, 2.24) is 10.6 Å². The van der Waals surface area contributed by atoms with E-state index in [-0.39, 0.29) is 19.4 Å². The summed E-state index contributed by atoms with van der Waals surface area (Å²) < 4.78 is 11.7. The summed E-state index contributed by atoms with van der Waals surface area (Å²) in [6, 6.07) is -0.755. The summed E-state index contributed by atoms with van der Waals surface area (Å²) in [5.41, 5.74) is -0.393. The lowest BCUT2D eigenvalue weighted by molar-refractivity contribution is -0.237. The lowest BCUT2D eigenvalue weighted by Crippen LogP contribution is -2.62. The smallest absolute Gasteiger partial charge is 0.320 e. The van der Waals surface area contributed by atoms with Crippen LogP contribution in [0.5, 0.6) is 0 Å². The zero-order chi connectivity index (χ0) is 37.4. The predicted octanol–water partition coefficient (Wildman–Crippen LogP) is 2.10. The number of carboxylic acids is 2. The third-order valence-corrected chi connectivity index (χ3v) is 9.87. The summed E-state index contributed by atoms with van der Waals surface area (Å²) in [6.45, 7) is 8.27. The number of carbonyl (C=O) groups is 3. The van der Waals surface area contributed by atoms with Crippen LogP contribution in [-0.4, -0.2) is 127 Å². The van der Waals surface area contributed by atoms with E-state index in [9.17, 15) is 50.1 Å². The summed E-state index contributed by atoms with van der Waals surface area (Å²) >= 11 is 0. The standard InChI is InChI=1S/C36H66N2O12/c1-5-6-7-8-9-10-11-12-13-16-19-49-25-21-23(34(45)46)32(31(43)28(25)40)50-26-20-22(27(39)30(42)29(26)41)33(44)37-18-15-14-17-24(35(47)48)38-36(2,3)4/h22-32,38-43H,5-21H2,1-4H3,(H,37,44)(H,45,46)(H,47,48)/t22?,23-,24-,25+,26+,27+,28-,29-,30-,31+,32+/m0/s1. The summed E-state index contributed by atoms with van der Waals surface area (Å²) in [7, 11) is 0. The summed E-state index contributed by atoms with van der Waals surface area (Å²) in [4.78, 5) is 36.9. The van der Waals surface area contributed by atoms with Gasteiger partial charge in [-0.2, -0.15) is 0 Å². The van der Waals surface area contributed by atoms with Crippen LogP contribution in [0.25, 0.3) is 0 Å². The molecule has 1 amide bonds. The molecule has 0 spiro atoms. The molecule has 0 aromatic rings. The number of hydrogen-bond donors (Lipinski definition) is 9. The highest BCUT2D eigenvalue weighted by Crippen LogP contribution is 2.35. The van der Waals surface area contributed by atoms with Crippen molar-refractivity contribution < 1.29 is 59.6 Å². The molecule has 0 heterocycles. The van der Waals surface area contributed by atoms with Crippen molar-refractivity contribution in [2.24, 2.45) is 11.8 Å². The van der Waals surface area contributed by atoms with Gasteiger partial charge in [-0.1, -0.05) is 64.7 Å². The summed E-state index contributed by atoms with van der Waals surface area (Å²) in [5.74, 6) is -5.42. The highest BCUT2D eigenvalue weighted by Gasteiger charge is 2.52. The number of hydrogen-bond acceptors (Lipinski definition) is 11. The first-order chi connectivity index (χ1) is 23.6. The lowest BCUT2D eigenvalue weighted by atomic mass is 9.78. The van der Waals surface area contributed by atoms with Crippen LogP contribution in [0.3, 0.4) is 0 Å². The molecule has 0 aliphatic heterocycles. The van der Waals surface area contributed by atoms with Gasteiger partial charge in [0.05, 0.1) is 36.3 Å². The Morgan fingerprint density at radius 3 is 1.82 bits per heavy atom. The SMILES string of the molecule is CCCCCCCCCCCCO[C@@H]1C[C@H](C(=O)O)[C@@H](O[C@@H]2CC(C(=O)NCCCC[C@H](NC(C)(C)C)C(=O)O)[C@@H](O)[C@H](O)[C@H]2O)[C@H](O)[C@H]1O. The predicted molar refractivity (Wildman–Crippen MR) is 185 cm³/mol. The highest BCUT2D eigenvalue weighted by atomic mass is 16.5. The van der Waals surface area contributed by atoms with Crippen LogP contribution in [0.1, 0.15) is 124 Å². The maximum atomic E-state index is 13.0. The average molecular weight is 719 g/mol. The van der Waals surface area contributed by atoms with Gasteiger partial charge < -0.3 is 50.5 Å². The van der Waals surface area contributed by atoms with Gasteiger partial charge in [-0.15, -0.1) is 0 Å². The van der Waals surface area contributed by atoms with Crippen LogP contribution in [-0.2, 0) is 23.9 Å². The van der Waals surface area contributed by atoms with Crippen molar-refractivity contribution in [3.05, 3.63) is 0 Å². The molecule has 1 unspecified atom stereocenters. The lowest BCUT2D eigenvalue weighted by Gasteiger charge is -2.45. The fourth-order valence-corrected chi connectivity index (χ4v) is 6.97. The molecular formula is C36H66N2O12. The van der Waals surface area contributed by atoms with Crippen LogP contribution in [0.4, 0.5) is 0 Å². The zero-order valence-corrected chi connectivity index (χ0v) is 30.5. The first-order valence-corrected chi connectivity index (χ1v) is 18.8. The van der Waals surface area contributed by atoms with E-state index in [1.54, 1.807) is 0 Å². The maximum absolute atomic E-state index is 13.0. The Bertz CT molecular complexity index is 1010. The van der Waals surface area contributed by atoms with Gasteiger partial charge in [-0.3, -0.25) is 19.7 Å². The Balaban J connectivity index is 1.88. The Morgan fingerprint density at radius 1 is 0.700 bits per heavy atom. The van der Waals surface area contributed by atoms with Gasteiger partial charge in [0.1, 0.15) is 30.5 Å². The molecule has 0 saturated heterocycles. The second-order valence-corrected chi connectivity index (χ2v) is 15.3. The number of carbonyl (C=O) groups excluding carboxylic acids is 1. The number of aliphatic carboxylic acids is 2. The van der Waals surface area contributed by atoms with E-state index in [4.69, 9.17) is 9.47 Å². The van der Waals surface area contributed by atoms with E-state index < -0.39 is 90.1 Å². The van der Waals surface area contributed by atoms with Crippen LogP contribution in [0.15, 0.2) is 0 Å². The van der Waals surface area contributed by atoms with Crippen LogP contribution in [0.2, 0.25) is 0 Å². The molecule has 0 radical (unpaired) electrons. The molecular weight excluding hydrogens is 652 g/mol. The molecule has 2 saturated carbocycles. The monoisotopic (exact) mass is 718 g/mol. The zero-order valence-electron chi connectivity index (χ0n) is 30.5. The molecule has 292 valence electrons. The number of aliphatic hydroxyl groups is 5. The van der Waals surface area contributed by atoms with E-state index in [0.29, 0.717) is 25.9 Å². The molecule has 0 aromatic heterocycles. The number of amides is 1. The summed E-state index contributed by atoms with van der Waals surface area (Å²) in [6.07, 6.45) is 0.178. The Labute approximate surface area is 297 Å². The van der Waals surface area contributed by atoms with E-state index in [1.807, 2.05) is 20.8 Å². The van der Waals surface area contributed by atoms with Crippen molar-refractivity contribution in [1.29, 1.82) is 0 Å². The van der Waals surface area contributed by atoms with E-state index in [1.165, 1.54) is 38.5 Å². The second-order valence-electron chi connectivity index (χ2n) is 15.3. The molecule has 2 aliphatic rings. The average Bonchev–Trinajstić information content (AvgIpc) is 3.04. The number of ether oxygens (including phenoxy) is 2. The minimum atomic E-state index is -1.80. The van der Waals surface area contributed by atoms with Crippen molar-refractivity contribution >= 4 is 17.8 Å². The minimum Gasteiger partial charge on any atom is -0.481 e. The van der Waals surface area contributed by atoms with E-state index in [2.05, 4.69) is 17.6 Å². The number of aliphatic hydroxyl groups excluding tert-OH is 5. The maximum Gasteiger partial charge on any atom is 0.320 e. The number of nitrogens with one attached hydrogen (secondary N) is 2. The van der Waals surface area contributed by atoms with Crippen molar-refractivity contribution in [3.8, 4) is 0 Å². The van der Waals surface area contributed by atoms with Gasteiger partial charge in [0.15, 0.2) is 0 Å². The molecule has 50 heavy (non-hydrogen) atoms. The second kappa shape index (κ2) is 22.2. The van der Waals surface area contributed by atoms with Gasteiger partial charge in [0.2, 0.25) is 5.91 Å². The molecule has 14 heteroatoms. The molecule has 9 N–H and O–H groups in total. The number of unbranched alkanes of at least 4 members (excludes halogenated alkanes) is 10. The third kappa shape index (κ3) is 14.6. The van der Waals surface area contributed by atoms with Gasteiger partial charge in [0.25, 0.3) is 0 Å². The minimum absolute atomic E-state index is 0.151. The normalized spacial score (nSPS) is 30.9. The fourth-order valence-electron chi connectivity index (χ4n) is 6.97. The Morgan fingerprint density at radius 2 is 1.26 bits per heavy atom. The first-order valence-electron chi connectivity index (χ1n) is 18.8. The van der Waals surface area contributed by atoms with Crippen LogP contribution in [0, 0.1) is 11.8 Å². The number of rotatable bonds is 23. The quantitative estimate of drug-likeness (QED) is 0.0690. The molecule has 0 aromatic carbocycles. The third-order valence-electron chi connectivity index (χ3n) is 9.87. The van der Waals surface area contributed by atoms with E-state index in [0.717, 1.165) is 25.7 Å². The molecule has 2 aliphatic carbocycles. The van der Waals surface area contributed by atoms with Gasteiger partial charge in [0, 0.05) is 18.7 Å². The topological polar surface area (TPSA) is 235 Å². The van der Waals surface area contributed by atoms with Gasteiger partial charge in [-0.05, 0) is 59.3 Å². The number of carboxylic acid groups (broad SMARTS) is 2. The largest absolute Gasteiger partial charge is 0.481 e. The van der Waals surface area contributed by atoms with Crippen LogP contribution >= 0.6 is 0 Å². The van der Waals surface area contributed by atoms with Gasteiger partial charge in [-0.25, -0.2) is 0 Å². The molecule has 2 rings (SSSR count). The van der Waals surface area contributed by atoms with Crippen molar-refractivity contribution in [3.63, 3.8) is 0 Å². The van der Waals surface area contributed by atoms with Gasteiger partial charge >= 0.3 is 11.9 Å². The Kier molecular flexibility index (Phi) is 19.7. The fraction of sp³-hybridized carbons (Fsp3) is 0.917. The summed E-state index contributed by atoms with van der Waals surface area (Å²) in [5, 5.41) is 78.9. The molecule has 14 nitrogen and oxygen atoms in total. The van der Waals surface area contributed by atoms with Crippen molar-refractivity contribution in [2.75, 3.05) is 13.2 Å². The molecule has 2 fully saturated rings.